The number of nitrogens with one attached hydrogen (secondary N) is 1. The minimum absolute atomic E-state index is 0.0189. The van der Waals surface area contributed by atoms with Crippen molar-refractivity contribution in [2.45, 2.75) is 27.2 Å². The number of amides is 1. The van der Waals surface area contributed by atoms with Crippen molar-refractivity contribution < 1.29 is 9.90 Å². The smallest absolute Gasteiger partial charge is 0.266 e. The van der Waals surface area contributed by atoms with Crippen molar-refractivity contribution >= 4 is 17.7 Å². The summed E-state index contributed by atoms with van der Waals surface area (Å²) in [6.45, 7) is 5.57. The zero-order chi connectivity index (χ0) is 17.7. The number of anilines is 1. The van der Waals surface area contributed by atoms with E-state index in [1.807, 2.05) is 37.3 Å². The van der Waals surface area contributed by atoms with Gasteiger partial charge >= 0.3 is 0 Å². The van der Waals surface area contributed by atoms with Crippen molar-refractivity contribution in [3.8, 4) is 11.8 Å². The van der Waals surface area contributed by atoms with E-state index in [9.17, 15) is 15.2 Å². The Morgan fingerprint density at radius 2 is 1.88 bits per heavy atom. The molecule has 0 fully saturated rings. The van der Waals surface area contributed by atoms with Crippen LogP contribution < -0.4 is 5.32 Å². The van der Waals surface area contributed by atoms with E-state index in [0.717, 1.165) is 12.0 Å². The summed E-state index contributed by atoms with van der Waals surface area (Å²) in [5.41, 5.74) is 3.86. The average molecular weight is 320 g/mol. The topological polar surface area (TPSA) is 73.1 Å². The summed E-state index contributed by atoms with van der Waals surface area (Å²) < 4.78 is 0. The number of benzene rings is 2. The van der Waals surface area contributed by atoms with Crippen molar-refractivity contribution in [1.29, 1.82) is 5.26 Å². The van der Waals surface area contributed by atoms with Gasteiger partial charge in [0.2, 0.25) is 0 Å². The fraction of sp³-hybridized carbons (Fsp3) is 0.200. The Morgan fingerprint density at radius 3 is 2.46 bits per heavy atom. The van der Waals surface area contributed by atoms with E-state index in [2.05, 4.69) is 5.32 Å². The van der Waals surface area contributed by atoms with Crippen LogP contribution in [0.3, 0.4) is 0 Å². The Labute approximate surface area is 142 Å². The molecule has 24 heavy (non-hydrogen) atoms. The van der Waals surface area contributed by atoms with Gasteiger partial charge < -0.3 is 10.4 Å². The molecule has 2 aromatic carbocycles. The molecule has 2 N–H and O–H groups in total. The second-order valence-electron chi connectivity index (χ2n) is 5.64. The molecule has 0 aliphatic rings. The van der Waals surface area contributed by atoms with Gasteiger partial charge in [-0.05, 0) is 66.8 Å². The number of phenols is 1. The Bertz CT molecular complexity index is 822. The molecule has 0 spiro atoms. The highest BCUT2D eigenvalue weighted by atomic mass is 16.3. The number of carbonyl (C=O) groups is 1. The van der Waals surface area contributed by atoms with Crippen molar-refractivity contribution in [2.24, 2.45) is 0 Å². The molecule has 0 saturated heterocycles. The molecule has 2 rings (SSSR count). The number of aryl methyl sites for hydroxylation is 3. The predicted octanol–water partition coefficient (Wildman–Crippen LogP) is 4.12. The van der Waals surface area contributed by atoms with Crippen LogP contribution in [-0.4, -0.2) is 11.0 Å². The maximum Gasteiger partial charge on any atom is 0.266 e. The number of aromatic hydroxyl groups is 1. The van der Waals surface area contributed by atoms with Gasteiger partial charge in [-0.15, -0.1) is 0 Å². The number of hydrogen-bond acceptors (Lipinski definition) is 3. The van der Waals surface area contributed by atoms with Crippen LogP contribution in [0.25, 0.3) is 6.08 Å². The highest BCUT2D eigenvalue weighted by Crippen LogP contribution is 2.24. The number of nitrogens with zero attached hydrogens (tertiary/aromatic N) is 1. The van der Waals surface area contributed by atoms with Gasteiger partial charge in [-0.1, -0.05) is 25.1 Å². The van der Waals surface area contributed by atoms with E-state index in [1.54, 1.807) is 26.0 Å². The van der Waals surface area contributed by atoms with Crippen LogP contribution in [0.1, 0.15) is 29.2 Å². The van der Waals surface area contributed by atoms with E-state index in [1.165, 1.54) is 6.08 Å². The summed E-state index contributed by atoms with van der Waals surface area (Å²) in [6.07, 6.45) is 2.32. The van der Waals surface area contributed by atoms with Crippen LogP contribution in [0.4, 0.5) is 5.69 Å². The largest absolute Gasteiger partial charge is 0.507 e. The van der Waals surface area contributed by atoms with Gasteiger partial charge in [0, 0.05) is 5.69 Å². The van der Waals surface area contributed by atoms with Crippen LogP contribution >= 0.6 is 0 Å². The normalized spacial score (nSPS) is 11.0. The SMILES string of the molecule is CCc1ccccc1NC(=O)/C(C#N)=C\c1cc(C)c(O)c(C)c1. The lowest BCUT2D eigenvalue weighted by atomic mass is 10.0. The first kappa shape index (κ1) is 17.3. The van der Waals surface area contributed by atoms with Crippen molar-refractivity contribution in [2.75, 3.05) is 5.32 Å². The van der Waals surface area contributed by atoms with Crippen molar-refractivity contribution in [3.05, 3.63) is 64.2 Å². The molecule has 122 valence electrons. The van der Waals surface area contributed by atoms with Crippen LogP contribution in [-0.2, 0) is 11.2 Å². The summed E-state index contributed by atoms with van der Waals surface area (Å²) in [4.78, 5) is 12.4. The van der Waals surface area contributed by atoms with Crippen LogP contribution in [0.2, 0.25) is 0 Å². The first-order chi connectivity index (χ1) is 11.5. The highest BCUT2D eigenvalue weighted by Gasteiger charge is 2.12. The Kier molecular flexibility index (Phi) is 5.39. The summed E-state index contributed by atoms with van der Waals surface area (Å²) in [7, 11) is 0. The summed E-state index contributed by atoms with van der Waals surface area (Å²) in [6, 6.07) is 13.0. The summed E-state index contributed by atoms with van der Waals surface area (Å²) >= 11 is 0. The number of para-hydroxylation sites is 1. The lowest BCUT2D eigenvalue weighted by Gasteiger charge is -2.09. The Balaban J connectivity index is 2.31. The van der Waals surface area contributed by atoms with E-state index in [4.69, 9.17) is 0 Å². The fourth-order valence-electron chi connectivity index (χ4n) is 2.53. The number of carbonyl (C=O) groups excluding carboxylic acids is 1. The average Bonchev–Trinajstić information content (AvgIpc) is 2.57. The Hall–Kier alpha value is -3.06. The van der Waals surface area contributed by atoms with Gasteiger partial charge in [0.15, 0.2) is 0 Å². The molecule has 0 aliphatic carbocycles. The molecule has 1 amide bonds. The second-order valence-corrected chi connectivity index (χ2v) is 5.64. The molecule has 0 saturated carbocycles. The molecule has 0 bridgehead atoms. The van der Waals surface area contributed by atoms with E-state index in [0.29, 0.717) is 22.4 Å². The minimum Gasteiger partial charge on any atom is -0.507 e. The lowest BCUT2D eigenvalue weighted by Crippen LogP contribution is -2.14. The van der Waals surface area contributed by atoms with E-state index >= 15 is 0 Å². The van der Waals surface area contributed by atoms with E-state index in [-0.39, 0.29) is 11.3 Å². The first-order valence-electron chi connectivity index (χ1n) is 7.77. The third kappa shape index (κ3) is 3.82. The van der Waals surface area contributed by atoms with Gasteiger partial charge in [-0.3, -0.25) is 4.79 Å². The number of phenolic OH excluding ortho intramolecular Hbond substituents is 1. The predicted molar refractivity (Wildman–Crippen MR) is 95.6 cm³/mol. The first-order valence-corrected chi connectivity index (χ1v) is 7.77. The third-order valence-electron chi connectivity index (χ3n) is 3.84. The number of hydrogen-bond donors (Lipinski definition) is 2. The molecule has 2 aromatic rings. The zero-order valence-corrected chi connectivity index (χ0v) is 14.1. The van der Waals surface area contributed by atoms with E-state index < -0.39 is 5.91 Å². The maximum atomic E-state index is 12.4. The summed E-state index contributed by atoms with van der Waals surface area (Å²) in [5.74, 6) is -0.214. The van der Waals surface area contributed by atoms with Crippen LogP contribution in [0, 0.1) is 25.2 Å². The molecule has 4 nitrogen and oxygen atoms in total. The number of nitriles is 1. The molecular weight excluding hydrogens is 300 g/mol. The van der Waals surface area contributed by atoms with Gasteiger partial charge in [-0.2, -0.15) is 5.26 Å². The monoisotopic (exact) mass is 320 g/mol. The summed E-state index contributed by atoms with van der Waals surface area (Å²) in [5, 5.41) is 21.9. The molecule has 0 radical (unpaired) electrons. The maximum absolute atomic E-state index is 12.4. The molecule has 4 heteroatoms. The minimum atomic E-state index is -0.443. The third-order valence-corrected chi connectivity index (χ3v) is 3.84. The molecule has 0 aliphatic heterocycles. The standard InChI is InChI=1S/C20H20N2O2/c1-4-16-7-5-6-8-18(16)22-20(24)17(12-21)11-15-9-13(2)19(23)14(3)10-15/h5-11,23H,4H2,1-3H3,(H,22,24)/b17-11-. The van der Waals surface area contributed by atoms with Gasteiger partial charge in [0.1, 0.15) is 17.4 Å². The van der Waals surface area contributed by atoms with Gasteiger partial charge in [-0.25, -0.2) is 0 Å². The van der Waals surface area contributed by atoms with Crippen molar-refractivity contribution in [1.82, 2.24) is 0 Å². The molecule has 0 aromatic heterocycles. The lowest BCUT2D eigenvalue weighted by molar-refractivity contribution is -0.112. The van der Waals surface area contributed by atoms with Gasteiger partial charge in [0.05, 0.1) is 0 Å². The zero-order valence-electron chi connectivity index (χ0n) is 14.1. The molecule has 0 heterocycles. The quantitative estimate of drug-likeness (QED) is 0.657. The highest BCUT2D eigenvalue weighted by molar-refractivity contribution is 6.10. The Morgan fingerprint density at radius 1 is 1.25 bits per heavy atom. The molecule has 0 unspecified atom stereocenters. The van der Waals surface area contributed by atoms with Crippen molar-refractivity contribution in [3.63, 3.8) is 0 Å². The molecular formula is C20H20N2O2. The fourth-order valence-corrected chi connectivity index (χ4v) is 2.53. The van der Waals surface area contributed by atoms with Gasteiger partial charge in [0.25, 0.3) is 5.91 Å². The molecule has 0 atom stereocenters. The van der Waals surface area contributed by atoms with Crippen LogP contribution in [0.15, 0.2) is 42.0 Å². The second kappa shape index (κ2) is 7.47. The van der Waals surface area contributed by atoms with Crippen LogP contribution in [0.5, 0.6) is 5.75 Å². The number of rotatable bonds is 4.